The standard InChI is InChI=1S/Al.Mg.Na.3O/q+3;+2;+1;3*-2. The summed E-state index contributed by atoms with van der Waals surface area (Å²) in [5.41, 5.74) is 0. The largest absolute Gasteiger partial charge is 3.00 e. The van der Waals surface area contributed by atoms with Gasteiger partial charge in [-0.15, -0.1) is 0 Å². The fraction of sp³-hybridized carbons (Fsp3) is 0. The Morgan fingerprint density at radius 1 is 0.667 bits per heavy atom. The minimum Gasteiger partial charge on any atom is -2.00 e. The maximum absolute atomic E-state index is 0. The van der Waals surface area contributed by atoms with E-state index in [1.165, 1.54) is 0 Å². The molecule has 0 aromatic rings. The van der Waals surface area contributed by atoms with Gasteiger partial charge in [0.2, 0.25) is 0 Å². The fourth-order valence-corrected chi connectivity index (χ4v) is 0. The number of hydrogen-bond donors (Lipinski definition) is 0. The fourth-order valence-electron chi connectivity index (χ4n) is 0. The number of hydrogen-bond acceptors (Lipinski definition) is 0. The minimum absolute atomic E-state index is 0. The molecule has 3 nitrogen and oxygen atoms in total. The van der Waals surface area contributed by atoms with Crippen LogP contribution in [-0.4, -0.2) is 40.4 Å². The Balaban J connectivity index is 0. The van der Waals surface area contributed by atoms with E-state index in [0.717, 1.165) is 0 Å². The van der Waals surface area contributed by atoms with Crippen LogP contribution >= 0.6 is 0 Å². The van der Waals surface area contributed by atoms with Crippen LogP contribution in [0.5, 0.6) is 0 Å². The molecular weight excluding hydrogens is 122 g/mol. The predicted molar refractivity (Wildman–Crippen MR) is 13.6 cm³/mol. The first-order chi connectivity index (χ1) is 0. The van der Waals surface area contributed by atoms with E-state index in [1.54, 1.807) is 0 Å². The van der Waals surface area contributed by atoms with Crippen molar-refractivity contribution in [2.75, 3.05) is 0 Å². The summed E-state index contributed by atoms with van der Waals surface area (Å²) >= 11 is 0. The third kappa shape index (κ3) is 34.9. The Morgan fingerprint density at radius 3 is 0.667 bits per heavy atom. The van der Waals surface area contributed by atoms with Gasteiger partial charge in [0, 0.05) is 0 Å². The third-order valence-electron chi connectivity index (χ3n) is 0. The van der Waals surface area contributed by atoms with E-state index in [0.29, 0.717) is 0 Å². The molecule has 0 saturated carbocycles. The first-order valence-electron chi connectivity index (χ1n) is 0. The van der Waals surface area contributed by atoms with Crippen molar-refractivity contribution < 1.29 is 46.0 Å². The van der Waals surface area contributed by atoms with Gasteiger partial charge in [0.1, 0.15) is 0 Å². The van der Waals surface area contributed by atoms with E-state index in [9.17, 15) is 0 Å². The Bertz CT molecular complexity index is 10.8. The van der Waals surface area contributed by atoms with Gasteiger partial charge in [0.05, 0.1) is 0 Å². The van der Waals surface area contributed by atoms with Gasteiger partial charge in [0.25, 0.3) is 0 Å². The van der Waals surface area contributed by atoms with Crippen molar-refractivity contribution in [3.63, 3.8) is 0 Å². The van der Waals surface area contributed by atoms with Crippen LogP contribution in [0.4, 0.5) is 0 Å². The summed E-state index contributed by atoms with van der Waals surface area (Å²) in [5.74, 6) is 0. The monoisotopic (exact) mass is 122 g/mol. The van der Waals surface area contributed by atoms with Crippen molar-refractivity contribution in [3.8, 4) is 0 Å². The van der Waals surface area contributed by atoms with Gasteiger partial charge in [-0.2, -0.15) is 0 Å². The van der Waals surface area contributed by atoms with Crippen LogP contribution in [0.1, 0.15) is 0 Å². The molecule has 24 valence electrons. The van der Waals surface area contributed by atoms with E-state index in [-0.39, 0.29) is 86.4 Å². The molecule has 0 unspecified atom stereocenters. The van der Waals surface area contributed by atoms with Crippen molar-refractivity contribution >= 4 is 40.4 Å². The second-order valence-electron chi connectivity index (χ2n) is 0. The Morgan fingerprint density at radius 2 is 0.667 bits per heavy atom. The second-order valence-corrected chi connectivity index (χ2v) is 0. The predicted octanol–water partition coefficient (Wildman–Crippen LogP) is -4.11. The molecule has 0 aromatic heterocycles. The van der Waals surface area contributed by atoms with Gasteiger partial charge >= 0.3 is 70.0 Å². The Kier molecular flexibility index (Phi) is 854. The first kappa shape index (κ1) is 88.8. The molecule has 0 bridgehead atoms. The van der Waals surface area contributed by atoms with Gasteiger partial charge in [-0.3, -0.25) is 0 Å². The molecule has 0 fully saturated rings. The molecule has 0 atom stereocenters. The first-order valence-corrected chi connectivity index (χ1v) is 0. The molecule has 6 heteroatoms. The summed E-state index contributed by atoms with van der Waals surface area (Å²) in [6.07, 6.45) is 0. The van der Waals surface area contributed by atoms with Crippen molar-refractivity contribution in [3.05, 3.63) is 0 Å². The molecule has 0 N–H and O–H groups in total. The minimum atomic E-state index is 0. The normalized spacial score (nSPS) is 0. The second kappa shape index (κ2) is 57.7. The quantitative estimate of drug-likeness (QED) is 0.292. The summed E-state index contributed by atoms with van der Waals surface area (Å²) in [6, 6.07) is 0. The molecule has 0 spiro atoms. The summed E-state index contributed by atoms with van der Waals surface area (Å²) in [4.78, 5) is 0. The summed E-state index contributed by atoms with van der Waals surface area (Å²) in [7, 11) is 0. The van der Waals surface area contributed by atoms with E-state index >= 15 is 0 Å². The van der Waals surface area contributed by atoms with E-state index < -0.39 is 0 Å². The molecule has 0 aliphatic rings. The topological polar surface area (TPSA) is 85.5 Å². The van der Waals surface area contributed by atoms with Crippen molar-refractivity contribution in [1.29, 1.82) is 0 Å². The zero-order chi connectivity index (χ0) is 0. The van der Waals surface area contributed by atoms with Gasteiger partial charge < -0.3 is 16.4 Å². The van der Waals surface area contributed by atoms with Crippen LogP contribution < -0.4 is 29.6 Å². The van der Waals surface area contributed by atoms with Crippen LogP contribution in [-0.2, 0) is 16.4 Å². The van der Waals surface area contributed by atoms with Gasteiger partial charge in [-0.25, -0.2) is 0 Å². The van der Waals surface area contributed by atoms with E-state index in [1.807, 2.05) is 0 Å². The van der Waals surface area contributed by atoms with Crippen LogP contribution in [0.3, 0.4) is 0 Å². The third-order valence-corrected chi connectivity index (χ3v) is 0. The molecule has 0 rings (SSSR count). The van der Waals surface area contributed by atoms with Crippen molar-refractivity contribution in [2.24, 2.45) is 0 Å². The van der Waals surface area contributed by atoms with Gasteiger partial charge in [0.15, 0.2) is 0 Å². The smallest absolute Gasteiger partial charge is 2.00 e. The molecule has 0 aromatic carbocycles. The molecule has 0 saturated heterocycles. The molecule has 0 amide bonds. The number of rotatable bonds is 0. The summed E-state index contributed by atoms with van der Waals surface area (Å²) < 4.78 is 0. The van der Waals surface area contributed by atoms with Crippen LogP contribution in [0, 0.1) is 0 Å². The van der Waals surface area contributed by atoms with Crippen LogP contribution in [0.2, 0.25) is 0 Å². The molecular formula is AlMgNaO3. The summed E-state index contributed by atoms with van der Waals surface area (Å²) in [5, 5.41) is 0. The van der Waals surface area contributed by atoms with Gasteiger partial charge in [-0.05, 0) is 0 Å². The van der Waals surface area contributed by atoms with Gasteiger partial charge in [-0.1, -0.05) is 0 Å². The Labute approximate surface area is 85.4 Å². The van der Waals surface area contributed by atoms with E-state index in [4.69, 9.17) is 0 Å². The van der Waals surface area contributed by atoms with Crippen molar-refractivity contribution in [2.45, 2.75) is 0 Å². The molecule has 6 heavy (non-hydrogen) atoms. The molecule has 0 aliphatic heterocycles. The zero-order valence-corrected chi connectivity index (χ0v) is 8.08. The molecule has 0 heterocycles. The summed E-state index contributed by atoms with van der Waals surface area (Å²) in [6.45, 7) is 0. The van der Waals surface area contributed by atoms with Crippen LogP contribution in [0.25, 0.3) is 0 Å². The molecule has 0 radical (unpaired) electrons. The maximum Gasteiger partial charge on any atom is 3.00 e. The molecule has 0 aliphatic carbocycles. The average Bonchev–Trinajstić information content (AvgIpc) is 0. The van der Waals surface area contributed by atoms with Crippen LogP contribution in [0.15, 0.2) is 0 Å². The zero-order valence-electron chi connectivity index (χ0n) is 3.51. The Hall–Kier alpha value is 2.18. The van der Waals surface area contributed by atoms with E-state index in [2.05, 4.69) is 0 Å². The average molecular weight is 122 g/mol. The SMILES string of the molecule is [Al+3].[Mg+2].[Na+].[O-2].[O-2].[O-2]. The maximum atomic E-state index is 0. The van der Waals surface area contributed by atoms with Crippen molar-refractivity contribution in [1.82, 2.24) is 0 Å².